The number of methoxy groups -OCH3 is 1. The maximum Gasteiger partial charge on any atom is 0.418 e. The van der Waals surface area contributed by atoms with Crippen molar-refractivity contribution in [1.82, 2.24) is 0 Å². The number of amides is 2. The number of thioether (sulfide) groups is 1. The highest BCUT2D eigenvalue weighted by Gasteiger charge is 2.33. The average Bonchev–Trinajstić information content (AvgIpc) is 2.66. The molecule has 28 heavy (non-hydrogen) atoms. The van der Waals surface area contributed by atoms with Crippen LogP contribution in [0, 0.1) is 0 Å². The Morgan fingerprint density at radius 2 is 1.71 bits per heavy atom. The number of carbonyl (C=O) groups excluding carboxylic acids is 2. The average molecular weight is 412 g/mol. The second kappa shape index (κ2) is 9.50. The van der Waals surface area contributed by atoms with Gasteiger partial charge in [0.05, 0.1) is 29.4 Å². The first-order valence-electron chi connectivity index (χ1n) is 8.23. The van der Waals surface area contributed by atoms with Crippen LogP contribution in [0.4, 0.5) is 24.5 Å². The molecule has 5 nitrogen and oxygen atoms in total. The van der Waals surface area contributed by atoms with Gasteiger partial charge in [0.1, 0.15) is 5.75 Å². The zero-order valence-corrected chi connectivity index (χ0v) is 16.0. The predicted octanol–water partition coefficient (Wildman–Crippen LogP) is 4.41. The molecule has 0 bridgehead atoms. The number of halogens is 3. The molecule has 0 aliphatic heterocycles. The number of nitrogens with one attached hydrogen (secondary N) is 2. The van der Waals surface area contributed by atoms with Gasteiger partial charge in [-0.2, -0.15) is 13.2 Å². The first kappa shape index (κ1) is 21.6. The molecule has 0 aliphatic carbocycles. The number of anilines is 2. The van der Waals surface area contributed by atoms with Gasteiger partial charge in [0.2, 0.25) is 11.8 Å². The molecule has 2 rings (SSSR count). The molecular weight excluding hydrogens is 393 g/mol. The molecule has 0 saturated carbocycles. The van der Waals surface area contributed by atoms with Gasteiger partial charge >= 0.3 is 6.18 Å². The molecule has 2 aromatic rings. The molecule has 9 heteroatoms. The number of para-hydroxylation sites is 1. The topological polar surface area (TPSA) is 67.4 Å². The molecule has 0 aliphatic rings. The van der Waals surface area contributed by atoms with Gasteiger partial charge in [0.25, 0.3) is 0 Å². The number of alkyl halides is 3. The highest BCUT2D eigenvalue weighted by atomic mass is 32.2. The minimum absolute atomic E-state index is 0.0263. The normalized spacial score (nSPS) is 12.2. The molecule has 0 radical (unpaired) electrons. The zero-order valence-electron chi connectivity index (χ0n) is 15.2. The quantitative estimate of drug-likeness (QED) is 0.707. The molecule has 0 fully saturated rings. The van der Waals surface area contributed by atoms with E-state index in [9.17, 15) is 22.8 Å². The maximum absolute atomic E-state index is 13.0. The molecule has 150 valence electrons. The Bertz CT molecular complexity index is 826. The highest BCUT2D eigenvalue weighted by Crippen LogP contribution is 2.34. The van der Waals surface area contributed by atoms with Gasteiger partial charge in [-0.15, -0.1) is 11.8 Å². The van der Waals surface area contributed by atoms with Gasteiger partial charge in [0, 0.05) is 5.69 Å². The van der Waals surface area contributed by atoms with Gasteiger partial charge in [-0.25, -0.2) is 0 Å². The Kier molecular flexibility index (Phi) is 7.33. The lowest BCUT2D eigenvalue weighted by Gasteiger charge is -2.16. The number of benzene rings is 2. The van der Waals surface area contributed by atoms with E-state index in [0.717, 1.165) is 17.8 Å². The van der Waals surface area contributed by atoms with Crippen LogP contribution in [-0.2, 0) is 15.8 Å². The van der Waals surface area contributed by atoms with Gasteiger partial charge in [-0.05, 0) is 43.3 Å². The number of rotatable bonds is 7. The Balaban J connectivity index is 1.88. The van der Waals surface area contributed by atoms with Crippen LogP contribution < -0.4 is 15.4 Å². The van der Waals surface area contributed by atoms with E-state index in [-0.39, 0.29) is 17.3 Å². The minimum Gasteiger partial charge on any atom is -0.497 e. The van der Waals surface area contributed by atoms with Crippen molar-refractivity contribution in [1.29, 1.82) is 0 Å². The standard InChI is InChI=1S/C19H19F3N2O3S/c1-12(18(26)24-16-6-4-3-5-15(16)19(20,21)22)28-11-17(25)23-13-7-9-14(27-2)10-8-13/h3-10,12H,11H2,1-2H3,(H,23,25)(H,24,26)/t12-/m1/s1. The van der Waals surface area contributed by atoms with Crippen molar-refractivity contribution >= 4 is 35.0 Å². The Labute approximate surface area is 164 Å². The van der Waals surface area contributed by atoms with E-state index in [1.165, 1.54) is 32.2 Å². The van der Waals surface area contributed by atoms with Crippen molar-refractivity contribution in [2.45, 2.75) is 18.3 Å². The van der Waals surface area contributed by atoms with E-state index < -0.39 is 22.9 Å². The van der Waals surface area contributed by atoms with E-state index in [4.69, 9.17) is 4.74 Å². The summed E-state index contributed by atoms with van der Waals surface area (Å²) in [4.78, 5) is 24.2. The minimum atomic E-state index is -4.57. The number of ether oxygens (including phenoxy) is 1. The van der Waals surface area contributed by atoms with Crippen LogP contribution in [-0.4, -0.2) is 29.9 Å². The number of hydrogen-bond donors (Lipinski definition) is 2. The molecule has 0 heterocycles. The Morgan fingerprint density at radius 1 is 1.07 bits per heavy atom. The molecule has 0 aromatic heterocycles. The number of carbonyl (C=O) groups is 2. The fourth-order valence-electron chi connectivity index (χ4n) is 2.22. The molecule has 2 N–H and O–H groups in total. The Morgan fingerprint density at radius 3 is 2.32 bits per heavy atom. The largest absolute Gasteiger partial charge is 0.497 e. The summed E-state index contributed by atoms with van der Waals surface area (Å²) in [5, 5.41) is 4.23. The van der Waals surface area contributed by atoms with Crippen molar-refractivity contribution in [3.05, 3.63) is 54.1 Å². The summed E-state index contributed by atoms with van der Waals surface area (Å²) in [6.07, 6.45) is -4.57. The smallest absolute Gasteiger partial charge is 0.418 e. The lowest BCUT2D eigenvalue weighted by Crippen LogP contribution is -2.26. The molecular formula is C19H19F3N2O3S. The summed E-state index contributed by atoms with van der Waals surface area (Å²) in [6.45, 7) is 1.52. The second-order valence-electron chi connectivity index (χ2n) is 5.76. The zero-order chi connectivity index (χ0) is 20.7. The van der Waals surface area contributed by atoms with E-state index in [0.29, 0.717) is 11.4 Å². The summed E-state index contributed by atoms with van der Waals surface area (Å²) < 4.78 is 44.0. The summed E-state index contributed by atoms with van der Waals surface area (Å²) >= 11 is 1.02. The summed E-state index contributed by atoms with van der Waals surface area (Å²) in [6, 6.07) is 11.5. The van der Waals surface area contributed by atoms with Crippen molar-refractivity contribution < 1.29 is 27.5 Å². The molecule has 0 spiro atoms. The molecule has 1 atom stereocenters. The monoisotopic (exact) mass is 412 g/mol. The van der Waals surface area contributed by atoms with Gasteiger partial charge < -0.3 is 15.4 Å². The van der Waals surface area contributed by atoms with Gasteiger partial charge in [0.15, 0.2) is 0 Å². The van der Waals surface area contributed by atoms with Crippen LogP contribution in [0.15, 0.2) is 48.5 Å². The van der Waals surface area contributed by atoms with Crippen molar-refractivity contribution in [2.24, 2.45) is 0 Å². The lowest BCUT2D eigenvalue weighted by atomic mass is 10.1. The van der Waals surface area contributed by atoms with Crippen LogP contribution in [0.25, 0.3) is 0 Å². The fourth-order valence-corrected chi connectivity index (χ4v) is 2.91. The third kappa shape index (κ3) is 6.19. The number of hydrogen-bond acceptors (Lipinski definition) is 4. The summed E-state index contributed by atoms with van der Waals surface area (Å²) in [5.74, 6) is -0.317. The van der Waals surface area contributed by atoms with Crippen LogP contribution in [0.2, 0.25) is 0 Å². The fraction of sp³-hybridized carbons (Fsp3) is 0.263. The molecule has 2 amide bonds. The summed E-state index contributed by atoms with van der Waals surface area (Å²) in [7, 11) is 1.53. The van der Waals surface area contributed by atoms with Crippen molar-refractivity contribution in [2.75, 3.05) is 23.5 Å². The third-order valence-corrected chi connectivity index (χ3v) is 4.84. The van der Waals surface area contributed by atoms with E-state index in [2.05, 4.69) is 10.6 Å². The van der Waals surface area contributed by atoms with E-state index in [1.807, 2.05) is 0 Å². The van der Waals surface area contributed by atoms with Crippen LogP contribution in [0.3, 0.4) is 0 Å². The first-order chi connectivity index (χ1) is 13.2. The predicted molar refractivity (Wildman–Crippen MR) is 104 cm³/mol. The van der Waals surface area contributed by atoms with Crippen molar-refractivity contribution in [3.8, 4) is 5.75 Å². The maximum atomic E-state index is 13.0. The lowest BCUT2D eigenvalue weighted by molar-refractivity contribution is -0.137. The Hall–Kier alpha value is -2.68. The van der Waals surface area contributed by atoms with Crippen molar-refractivity contribution in [3.63, 3.8) is 0 Å². The first-order valence-corrected chi connectivity index (χ1v) is 9.28. The van der Waals surface area contributed by atoms with Crippen LogP contribution >= 0.6 is 11.8 Å². The summed E-state index contributed by atoms with van der Waals surface area (Å²) in [5.41, 5.74) is -0.657. The molecule has 0 unspecified atom stereocenters. The van der Waals surface area contributed by atoms with E-state index >= 15 is 0 Å². The van der Waals surface area contributed by atoms with Crippen LogP contribution in [0.5, 0.6) is 5.75 Å². The molecule has 2 aromatic carbocycles. The third-order valence-electron chi connectivity index (χ3n) is 3.70. The molecule has 0 saturated heterocycles. The SMILES string of the molecule is COc1ccc(NC(=O)CS[C@H](C)C(=O)Nc2ccccc2C(F)(F)F)cc1. The van der Waals surface area contributed by atoms with Crippen LogP contribution in [0.1, 0.15) is 12.5 Å². The van der Waals surface area contributed by atoms with Gasteiger partial charge in [-0.1, -0.05) is 12.1 Å². The van der Waals surface area contributed by atoms with E-state index in [1.54, 1.807) is 24.3 Å². The highest BCUT2D eigenvalue weighted by molar-refractivity contribution is 8.01. The second-order valence-corrected chi connectivity index (χ2v) is 7.09. The van der Waals surface area contributed by atoms with Gasteiger partial charge in [-0.3, -0.25) is 9.59 Å².